The summed E-state index contributed by atoms with van der Waals surface area (Å²) in [7, 11) is 0. The Morgan fingerprint density at radius 2 is 1.60 bits per heavy atom. The maximum Gasteiger partial charge on any atom is 0.219 e. The van der Waals surface area contributed by atoms with E-state index in [-0.39, 0.29) is 17.6 Å². The largest absolute Gasteiger partial charge is 0.493 e. The average Bonchev–Trinajstić information content (AvgIpc) is 2.16. The molecule has 0 atom stereocenters. The summed E-state index contributed by atoms with van der Waals surface area (Å²) in [5.74, 6) is -0.528. The molecule has 0 aromatic carbocycles. The topological polar surface area (TPSA) is 84.7 Å². The Hall–Kier alpha value is -1.40. The maximum absolute atomic E-state index is 9.16. The van der Waals surface area contributed by atoms with Crippen molar-refractivity contribution in [2.24, 2.45) is 0 Å². The molecule has 1 aromatic rings. The minimum atomic E-state index is -0.766. The second kappa shape index (κ2) is 5.47. The van der Waals surface area contributed by atoms with Crippen molar-refractivity contribution in [2.75, 3.05) is 13.2 Å². The summed E-state index contributed by atoms with van der Waals surface area (Å²) in [6.07, 6.45) is -0.766. The number of nitrogens with zero attached hydrogens (tertiary/aromatic N) is 2. The van der Waals surface area contributed by atoms with Gasteiger partial charge in [-0.15, -0.1) is 0 Å². The highest BCUT2D eigenvalue weighted by atomic mass is 16.7. The standard InChI is InChI=1S/C9H14N2O4/c1-3-14-9(15-4-2)8-10-6(12)5-7(13)11-8/h5,9H,3-4H2,1-2H3,(H2,10,11,12,13). The summed E-state index contributed by atoms with van der Waals surface area (Å²) in [5.41, 5.74) is 0. The van der Waals surface area contributed by atoms with E-state index in [1.165, 1.54) is 0 Å². The normalized spacial score (nSPS) is 10.9. The van der Waals surface area contributed by atoms with Crippen LogP contribution in [0, 0.1) is 0 Å². The van der Waals surface area contributed by atoms with E-state index in [2.05, 4.69) is 9.97 Å². The van der Waals surface area contributed by atoms with Gasteiger partial charge in [0, 0.05) is 13.2 Å². The van der Waals surface area contributed by atoms with Gasteiger partial charge in [-0.25, -0.2) is 0 Å². The molecule has 0 fully saturated rings. The molecule has 0 aliphatic rings. The fourth-order valence-corrected chi connectivity index (χ4v) is 1.05. The second-order valence-electron chi connectivity index (χ2n) is 2.69. The van der Waals surface area contributed by atoms with Gasteiger partial charge in [0.05, 0.1) is 6.07 Å². The molecule has 15 heavy (non-hydrogen) atoms. The molecule has 6 nitrogen and oxygen atoms in total. The highest BCUT2D eigenvalue weighted by Gasteiger charge is 2.16. The van der Waals surface area contributed by atoms with Crippen molar-refractivity contribution in [1.82, 2.24) is 9.97 Å². The maximum atomic E-state index is 9.16. The summed E-state index contributed by atoms with van der Waals surface area (Å²) in [6, 6.07) is 1.04. The van der Waals surface area contributed by atoms with Crippen LogP contribution in [0.3, 0.4) is 0 Å². The monoisotopic (exact) mass is 214 g/mol. The van der Waals surface area contributed by atoms with Gasteiger partial charge in [-0.3, -0.25) is 0 Å². The van der Waals surface area contributed by atoms with Crippen LogP contribution in [0.25, 0.3) is 0 Å². The summed E-state index contributed by atoms with van der Waals surface area (Å²) in [6.45, 7) is 4.44. The molecule has 0 amide bonds. The van der Waals surface area contributed by atoms with Crippen LogP contribution in [-0.2, 0) is 9.47 Å². The third-order valence-electron chi connectivity index (χ3n) is 1.56. The zero-order valence-electron chi connectivity index (χ0n) is 8.67. The van der Waals surface area contributed by atoms with Gasteiger partial charge in [-0.05, 0) is 13.8 Å². The minimum Gasteiger partial charge on any atom is -0.493 e. The molecule has 0 radical (unpaired) electrons. The zero-order chi connectivity index (χ0) is 11.3. The van der Waals surface area contributed by atoms with E-state index >= 15 is 0 Å². The molecule has 1 rings (SSSR count). The Labute approximate surface area is 87.5 Å². The Morgan fingerprint density at radius 1 is 1.13 bits per heavy atom. The van der Waals surface area contributed by atoms with Gasteiger partial charge in [-0.1, -0.05) is 0 Å². The summed E-state index contributed by atoms with van der Waals surface area (Å²) >= 11 is 0. The van der Waals surface area contributed by atoms with E-state index < -0.39 is 6.29 Å². The Balaban J connectivity index is 2.88. The van der Waals surface area contributed by atoms with Gasteiger partial charge in [-0.2, -0.15) is 9.97 Å². The van der Waals surface area contributed by atoms with Gasteiger partial charge in [0.15, 0.2) is 5.82 Å². The lowest BCUT2D eigenvalue weighted by molar-refractivity contribution is -0.145. The second-order valence-corrected chi connectivity index (χ2v) is 2.69. The lowest BCUT2D eigenvalue weighted by Gasteiger charge is -2.15. The molecule has 1 heterocycles. The number of ether oxygens (including phenoxy) is 2. The number of aromatic hydroxyl groups is 2. The van der Waals surface area contributed by atoms with Crippen LogP contribution < -0.4 is 0 Å². The van der Waals surface area contributed by atoms with Crippen molar-refractivity contribution >= 4 is 0 Å². The summed E-state index contributed by atoms with van der Waals surface area (Å²) in [4.78, 5) is 7.41. The molecule has 0 saturated heterocycles. The van der Waals surface area contributed by atoms with Crippen LogP contribution in [0.15, 0.2) is 6.07 Å². The van der Waals surface area contributed by atoms with Crippen molar-refractivity contribution in [1.29, 1.82) is 0 Å². The predicted molar refractivity (Wildman–Crippen MR) is 51.4 cm³/mol. The van der Waals surface area contributed by atoms with Crippen LogP contribution in [0.4, 0.5) is 0 Å². The van der Waals surface area contributed by atoms with Crippen molar-refractivity contribution < 1.29 is 19.7 Å². The Bertz CT molecular complexity index is 293. The predicted octanol–water partition coefficient (Wildman–Crippen LogP) is 0.959. The van der Waals surface area contributed by atoms with Gasteiger partial charge < -0.3 is 19.7 Å². The molecule has 0 aliphatic carbocycles. The number of aromatic nitrogens is 2. The molecule has 0 aliphatic heterocycles. The third-order valence-corrected chi connectivity index (χ3v) is 1.56. The fourth-order valence-electron chi connectivity index (χ4n) is 1.05. The smallest absolute Gasteiger partial charge is 0.219 e. The molecular weight excluding hydrogens is 200 g/mol. The zero-order valence-corrected chi connectivity index (χ0v) is 8.67. The van der Waals surface area contributed by atoms with E-state index in [1.807, 2.05) is 0 Å². The van der Waals surface area contributed by atoms with Gasteiger partial charge in [0.25, 0.3) is 0 Å². The SMILES string of the molecule is CCOC(OCC)c1nc(O)cc(O)n1. The lowest BCUT2D eigenvalue weighted by atomic mass is 10.5. The molecule has 1 aromatic heterocycles. The molecule has 84 valence electrons. The number of hydrogen-bond donors (Lipinski definition) is 2. The first-order valence-electron chi connectivity index (χ1n) is 4.67. The lowest BCUT2D eigenvalue weighted by Crippen LogP contribution is -2.12. The van der Waals surface area contributed by atoms with Gasteiger partial charge >= 0.3 is 0 Å². The molecule has 0 unspecified atom stereocenters. The molecular formula is C9H14N2O4. The van der Waals surface area contributed by atoms with Crippen LogP contribution in [0.2, 0.25) is 0 Å². The highest BCUT2D eigenvalue weighted by Crippen LogP contribution is 2.20. The fraction of sp³-hybridized carbons (Fsp3) is 0.556. The first kappa shape index (κ1) is 11.7. The summed E-state index contributed by atoms with van der Waals surface area (Å²) < 4.78 is 10.4. The average molecular weight is 214 g/mol. The van der Waals surface area contributed by atoms with Gasteiger partial charge in [0.2, 0.25) is 18.1 Å². The first-order valence-corrected chi connectivity index (χ1v) is 4.67. The molecule has 2 N–H and O–H groups in total. The molecule has 0 bridgehead atoms. The van der Waals surface area contributed by atoms with E-state index in [1.54, 1.807) is 13.8 Å². The Kier molecular flexibility index (Phi) is 4.26. The van der Waals surface area contributed by atoms with Crippen molar-refractivity contribution in [2.45, 2.75) is 20.1 Å². The third kappa shape index (κ3) is 3.34. The Morgan fingerprint density at radius 3 is 2.00 bits per heavy atom. The summed E-state index contributed by atoms with van der Waals surface area (Å²) in [5, 5.41) is 18.3. The van der Waals surface area contributed by atoms with E-state index in [4.69, 9.17) is 19.7 Å². The minimum absolute atomic E-state index is 0.108. The number of hydrogen-bond acceptors (Lipinski definition) is 6. The van der Waals surface area contributed by atoms with E-state index in [0.29, 0.717) is 13.2 Å². The number of rotatable bonds is 5. The molecule has 0 saturated carbocycles. The molecule has 6 heteroatoms. The van der Waals surface area contributed by atoms with Crippen molar-refractivity contribution in [3.8, 4) is 11.8 Å². The van der Waals surface area contributed by atoms with E-state index in [0.717, 1.165) is 6.07 Å². The van der Waals surface area contributed by atoms with E-state index in [9.17, 15) is 0 Å². The van der Waals surface area contributed by atoms with Crippen LogP contribution in [0.5, 0.6) is 11.8 Å². The highest BCUT2D eigenvalue weighted by molar-refractivity contribution is 5.18. The van der Waals surface area contributed by atoms with Crippen molar-refractivity contribution in [3.63, 3.8) is 0 Å². The first-order chi connectivity index (χ1) is 7.17. The van der Waals surface area contributed by atoms with Crippen molar-refractivity contribution in [3.05, 3.63) is 11.9 Å². The quantitative estimate of drug-likeness (QED) is 0.710. The van der Waals surface area contributed by atoms with Crippen LogP contribution in [-0.4, -0.2) is 33.4 Å². The van der Waals surface area contributed by atoms with Gasteiger partial charge in [0.1, 0.15) is 0 Å². The van der Waals surface area contributed by atoms with Crippen LogP contribution >= 0.6 is 0 Å². The molecule has 0 spiro atoms. The van der Waals surface area contributed by atoms with Crippen LogP contribution in [0.1, 0.15) is 26.0 Å².